The molecule has 3 heteroatoms. The van der Waals surface area contributed by atoms with Crippen molar-refractivity contribution in [1.29, 1.82) is 0 Å². The number of nitrogens with zero attached hydrogens (tertiary/aromatic N) is 1. The third-order valence-electron chi connectivity index (χ3n) is 4.35. The first kappa shape index (κ1) is 16.5. The Hall–Kier alpha value is -0.570. The van der Waals surface area contributed by atoms with Gasteiger partial charge in [0, 0.05) is 18.5 Å². The van der Waals surface area contributed by atoms with Gasteiger partial charge in [0.15, 0.2) is 0 Å². The quantitative estimate of drug-likeness (QED) is 0.686. The molecule has 0 saturated heterocycles. The van der Waals surface area contributed by atoms with Crippen molar-refractivity contribution < 1.29 is 4.79 Å². The molecule has 0 aromatic rings. The standard InChI is InChI=1S/C16H32N2O/c1-4-9-14(2)16(19)17-12-8-13-18(3)15-10-6-5-7-11-15/h14-15H,4-13H2,1-3H3,(H,17,19). The first-order valence-electron chi connectivity index (χ1n) is 8.13. The monoisotopic (exact) mass is 268 g/mol. The largest absolute Gasteiger partial charge is 0.356 e. The normalized spacial score (nSPS) is 18.5. The molecular formula is C16H32N2O. The summed E-state index contributed by atoms with van der Waals surface area (Å²) in [6, 6.07) is 0.781. The van der Waals surface area contributed by atoms with Crippen LogP contribution in [-0.4, -0.2) is 37.0 Å². The van der Waals surface area contributed by atoms with E-state index in [1.54, 1.807) is 0 Å². The maximum atomic E-state index is 11.8. The van der Waals surface area contributed by atoms with Gasteiger partial charge in [-0.05, 0) is 39.3 Å². The second-order valence-electron chi connectivity index (χ2n) is 6.11. The number of hydrogen-bond acceptors (Lipinski definition) is 2. The van der Waals surface area contributed by atoms with Crippen LogP contribution in [0.25, 0.3) is 0 Å². The zero-order chi connectivity index (χ0) is 14.1. The summed E-state index contributed by atoms with van der Waals surface area (Å²) in [6.45, 7) is 6.08. The van der Waals surface area contributed by atoms with Crippen molar-refractivity contribution in [3.05, 3.63) is 0 Å². The van der Waals surface area contributed by atoms with Gasteiger partial charge < -0.3 is 10.2 Å². The van der Waals surface area contributed by atoms with E-state index in [-0.39, 0.29) is 11.8 Å². The number of hydrogen-bond donors (Lipinski definition) is 1. The molecule has 1 aliphatic carbocycles. The molecule has 19 heavy (non-hydrogen) atoms. The van der Waals surface area contributed by atoms with Gasteiger partial charge in [-0.1, -0.05) is 39.5 Å². The molecule has 0 aromatic heterocycles. The Balaban J connectivity index is 2.07. The zero-order valence-corrected chi connectivity index (χ0v) is 13.1. The predicted octanol–water partition coefficient (Wildman–Crippen LogP) is 3.19. The fraction of sp³-hybridized carbons (Fsp3) is 0.938. The van der Waals surface area contributed by atoms with Crippen LogP contribution in [0.5, 0.6) is 0 Å². The van der Waals surface area contributed by atoms with Gasteiger partial charge in [0.2, 0.25) is 5.91 Å². The summed E-state index contributed by atoms with van der Waals surface area (Å²) in [6.07, 6.45) is 10.0. The molecule has 1 atom stereocenters. The molecule has 0 bridgehead atoms. The number of carbonyl (C=O) groups is 1. The fourth-order valence-electron chi connectivity index (χ4n) is 2.98. The van der Waals surface area contributed by atoms with Crippen LogP contribution in [-0.2, 0) is 4.79 Å². The molecule has 112 valence electrons. The fourth-order valence-corrected chi connectivity index (χ4v) is 2.98. The Kier molecular flexibility index (Phi) is 8.11. The molecular weight excluding hydrogens is 236 g/mol. The summed E-state index contributed by atoms with van der Waals surface area (Å²) in [4.78, 5) is 14.2. The van der Waals surface area contributed by atoms with Crippen LogP contribution in [0.4, 0.5) is 0 Å². The Morgan fingerprint density at radius 1 is 1.32 bits per heavy atom. The highest BCUT2D eigenvalue weighted by Gasteiger charge is 2.17. The Morgan fingerprint density at radius 3 is 2.63 bits per heavy atom. The molecule has 1 rings (SSSR count). The van der Waals surface area contributed by atoms with E-state index in [0.29, 0.717) is 0 Å². The van der Waals surface area contributed by atoms with Gasteiger partial charge in [-0.2, -0.15) is 0 Å². The molecule has 1 unspecified atom stereocenters. The molecule has 0 heterocycles. The van der Waals surface area contributed by atoms with Gasteiger partial charge in [0.25, 0.3) is 0 Å². The van der Waals surface area contributed by atoms with Crippen molar-refractivity contribution in [2.75, 3.05) is 20.1 Å². The van der Waals surface area contributed by atoms with Crippen molar-refractivity contribution in [3.63, 3.8) is 0 Å². The lowest BCUT2D eigenvalue weighted by Gasteiger charge is -2.31. The maximum Gasteiger partial charge on any atom is 0.222 e. The van der Waals surface area contributed by atoms with Crippen LogP contribution in [0.3, 0.4) is 0 Å². The van der Waals surface area contributed by atoms with Crippen molar-refractivity contribution in [1.82, 2.24) is 10.2 Å². The molecule has 1 aliphatic rings. The first-order chi connectivity index (χ1) is 9.15. The summed E-state index contributed by atoms with van der Waals surface area (Å²) in [5.41, 5.74) is 0. The van der Waals surface area contributed by atoms with E-state index in [4.69, 9.17) is 0 Å². The number of nitrogens with one attached hydrogen (secondary N) is 1. The minimum atomic E-state index is 0.168. The van der Waals surface area contributed by atoms with Gasteiger partial charge in [0.1, 0.15) is 0 Å². The average Bonchev–Trinajstić information content (AvgIpc) is 2.44. The zero-order valence-electron chi connectivity index (χ0n) is 13.1. The summed E-state index contributed by atoms with van der Waals surface area (Å²) in [5.74, 6) is 0.392. The highest BCUT2D eigenvalue weighted by molar-refractivity contribution is 5.78. The second kappa shape index (κ2) is 9.35. The SMILES string of the molecule is CCCC(C)C(=O)NCCCN(C)C1CCCCC1. The smallest absolute Gasteiger partial charge is 0.222 e. The maximum absolute atomic E-state index is 11.8. The number of rotatable bonds is 8. The van der Waals surface area contributed by atoms with Crippen molar-refractivity contribution in [3.8, 4) is 0 Å². The summed E-state index contributed by atoms with van der Waals surface area (Å²) in [7, 11) is 2.23. The van der Waals surface area contributed by atoms with Gasteiger partial charge in [-0.3, -0.25) is 4.79 Å². The van der Waals surface area contributed by atoms with Crippen molar-refractivity contribution in [2.24, 2.45) is 5.92 Å². The van der Waals surface area contributed by atoms with Crippen LogP contribution in [0.2, 0.25) is 0 Å². The van der Waals surface area contributed by atoms with Crippen LogP contribution in [0.15, 0.2) is 0 Å². The summed E-state index contributed by atoms with van der Waals surface area (Å²) in [5, 5.41) is 3.06. The van der Waals surface area contributed by atoms with Gasteiger partial charge in [-0.15, -0.1) is 0 Å². The molecule has 3 nitrogen and oxygen atoms in total. The molecule has 0 radical (unpaired) electrons. The van der Waals surface area contributed by atoms with E-state index in [2.05, 4.69) is 24.2 Å². The molecule has 1 amide bonds. The lowest BCUT2D eigenvalue weighted by molar-refractivity contribution is -0.124. The van der Waals surface area contributed by atoms with Crippen LogP contribution < -0.4 is 5.32 Å². The Bertz CT molecular complexity index is 249. The van der Waals surface area contributed by atoms with E-state index >= 15 is 0 Å². The van der Waals surface area contributed by atoms with Gasteiger partial charge in [0.05, 0.1) is 0 Å². The highest BCUT2D eigenvalue weighted by atomic mass is 16.1. The van der Waals surface area contributed by atoms with E-state index in [9.17, 15) is 4.79 Å². The highest BCUT2D eigenvalue weighted by Crippen LogP contribution is 2.21. The van der Waals surface area contributed by atoms with E-state index < -0.39 is 0 Å². The topological polar surface area (TPSA) is 32.3 Å². The van der Waals surface area contributed by atoms with Crippen molar-refractivity contribution in [2.45, 2.75) is 71.3 Å². The molecule has 1 fully saturated rings. The van der Waals surface area contributed by atoms with E-state index in [1.165, 1.54) is 32.1 Å². The summed E-state index contributed by atoms with van der Waals surface area (Å²) < 4.78 is 0. The lowest BCUT2D eigenvalue weighted by Crippen LogP contribution is -2.36. The summed E-state index contributed by atoms with van der Waals surface area (Å²) >= 11 is 0. The first-order valence-corrected chi connectivity index (χ1v) is 8.13. The molecule has 1 saturated carbocycles. The van der Waals surface area contributed by atoms with E-state index in [1.807, 2.05) is 6.92 Å². The molecule has 1 N–H and O–H groups in total. The molecule has 0 aromatic carbocycles. The van der Waals surface area contributed by atoms with E-state index in [0.717, 1.165) is 38.4 Å². The van der Waals surface area contributed by atoms with Crippen LogP contribution in [0, 0.1) is 5.92 Å². The Labute approximate surface area is 119 Å². The van der Waals surface area contributed by atoms with Gasteiger partial charge in [-0.25, -0.2) is 0 Å². The Morgan fingerprint density at radius 2 is 2.00 bits per heavy atom. The third-order valence-corrected chi connectivity index (χ3v) is 4.35. The number of carbonyl (C=O) groups excluding carboxylic acids is 1. The second-order valence-corrected chi connectivity index (χ2v) is 6.11. The average molecular weight is 268 g/mol. The minimum absolute atomic E-state index is 0.168. The predicted molar refractivity (Wildman–Crippen MR) is 81.2 cm³/mol. The lowest BCUT2D eigenvalue weighted by atomic mass is 9.94. The van der Waals surface area contributed by atoms with Crippen molar-refractivity contribution >= 4 is 5.91 Å². The number of amides is 1. The van der Waals surface area contributed by atoms with Crippen LogP contribution in [0.1, 0.15) is 65.2 Å². The van der Waals surface area contributed by atoms with Crippen LogP contribution >= 0.6 is 0 Å². The molecule has 0 spiro atoms. The molecule has 0 aliphatic heterocycles. The van der Waals surface area contributed by atoms with Gasteiger partial charge >= 0.3 is 0 Å². The minimum Gasteiger partial charge on any atom is -0.356 e. The third kappa shape index (κ3) is 6.42.